The van der Waals surface area contributed by atoms with Crippen LogP contribution in [0.2, 0.25) is 0 Å². The smallest absolute Gasteiger partial charge is 0.353 e. The first-order chi connectivity index (χ1) is 11.6. The molecule has 0 aliphatic heterocycles. The Hall–Kier alpha value is -2.69. The van der Waals surface area contributed by atoms with Gasteiger partial charge in [0.2, 0.25) is 11.6 Å². The van der Waals surface area contributed by atoms with Gasteiger partial charge in [0, 0.05) is 9.26 Å². The van der Waals surface area contributed by atoms with Crippen LogP contribution in [0, 0.1) is 13.7 Å². The van der Waals surface area contributed by atoms with E-state index in [1.165, 1.54) is 12.6 Å². The number of nitrogens with zero attached hydrogens (tertiary/aromatic N) is 3. The van der Waals surface area contributed by atoms with Gasteiger partial charge < -0.3 is 15.1 Å². The highest BCUT2D eigenvalue weighted by molar-refractivity contribution is 14.1. The van der Waals surface area contributed by atoms with Crippen molar-refractivity contribution in [3.8, 4) is 0 Å². The minimum Gasteiger partial charge on any atom is -0.467 e. The molecule has 2 N–H and O–H groups in total. The van der Waals surface area contributed by atoms with Crippen LogP contribution in [0.25, 0.3) is 0 Å². The Morgan fingerprint density at radius 3 is 2.58 bits per heavy atom. The molecule has 0 aliphatic carbocycles. The van der Waals surface area contributed by atoms with Gasteiger partial charge in [-0.1, -0.05) is 0 Å². The Kier molecular flexibility index (Phi) is 4.89. The number of nitro groups is 1. The molecule has 0 atom stereocenters. The van der Waals surface area contributed by atoms with Crippen LogP contribution in [-0.4, -0.2) is 14.9 Å². The molecule has 3 rings (SSSR count). The summed E-state index contributed by atoms with van der Waals surface area (Å²) < 4.78 is 6.27. The van der Waals surface area contributed by atoms with Gasteiger partial charge in [-0.15, -0.1) is 0 Å². The number of nitrogens with one attached hydrogen (secondary N) is 2. The molecule has 24 heavy (non-hydrogen) atoms. The molecule has 2 aromatic heterocycles. The van der Waals surface area contributed by atoms with Crippen LogP contribution in [0.1, 0.15) is 5.76 Å². The third kappa shape index (κ3) is 3.79. The molecule has 0 aliphatic rings. The normalized spacial score (nSPS) is 10.4. The van der Waals surface area contributed by atoms with Crippen LogP contribution in [0.5, 0.6) is 0 Å². The third-order valence-electron chi connectivity index (χ3n) is 3.12. The van der Waals surface area contributed by atoms with E-state index in [2.05, 4.69) is 43.2 Å². The Labute approximate surface area is 150 Å². The van der Waals surface area contributed by atoms with Crippen molar-refractivity contribution in [3.05, 3.63) is 68.4 Å². The van der Waals surface area contributed by atoms with Gasteiger partial charge in [0.25, 0.3) is 0 Å². The van der Waals surface area contributed by atoms with Crippen molar-refractivity contribution in [2.75, 3.05) is 10.6 Å². The van der Waals surface area contributed by atoms with E-state index in [1.807, 2.05) is 24.3 Å². The van der Waals surface area contributed by atoms with Crippen molar-refractivity contribution >= 4 is 45.6 Å². The first-order valence-electron chi connectivity index (χ1n) is 6.91. The predicted octanol–water partition coefficient (Wildman–Crippen LogP) is 3.94. The lowest BCUT2D eigenvalue weighted by molar-refractivity contribution is -0.383. The molecule has 122 valence electrons. The van der Waals surface area contributed by atoms with Crippen molar-refractivity contribution in [3.63, 3.8) is 0 Å². The zero-order valence-electron chi connectivity index (χ0n) is 12.3. The van der Waals surface area contributed by atoms with Crippen LogP contribution < -0.4 is 10.6 Å². The van der Waals surface area contributed by atoms with Crippen LogP contribution in [0.15, 0.2) is 53.4 Å². The topological polar surface area (TPSA) is 106 Å². The van der Waals surface area contributed by atoms with E-state index in [4.69, 9.17) is 4.42 Å². The molecule has 9 heteroatoms. The van der Waals surface area contributed by atoms with Gasteiger partial charge in [-0.2, -0.15) is 0 Å². The van der Waals surface area contributed by atoms with E-state index < -0.39 is 4.92 Å². The van der Waals surface area contributed by atoms with Crippen molar-refractivity contribution in [1.82, 2.24) is 9.97 Å². The second-order valence-electron chi connectivity index (χ2n) is 4.74. The molecule has 0 unspecified atom stereocenters. The molecule has 0 fully saturated rings. The van der Waals surface area contributed by atoms with Gasteiger partial charge in [0.1, 0.15) is 12.1 Å². The summed E-state index contributed by atoms with van der Waals surface area (Å²) in [6, 6.07) is 10.9. The number of hydrogen-bond donors (Lipinski definition) is 2. The molecular weight excluding hydrogens is 425 g/mol. The maximum absolute atomic E-state index is 11.5. The number of halogens is 1. The molecule has 2 heterocycles. The summed E-state index contributed by atoms with van der Waals surface area (Å²) in [5.41, 5.74) is 0.483. The second-order valence-corrected chi connectivity index (χ2v) is 5.99. The van der Waals surface area contributed by atoms with Gasteiger partial charge in [-0.3, -0.25) is 10.1 Å². The standard InChI is InChI=1S/C15H12IN5O3/c16-10-3-5-11(6-4-10)20-15-13(21(22)23)14(18-9-19-15)17-8-12-2-1-7-24-12/h1-7,9H,8H2,(H2,17,18,19,20). The lowest BCUT2D eigenvalue weighted by atomic mass is 10.3. The largest absolute Gasteiger partial charge is 0.467 e. The molecule has 1 aromatic carbocycles. The van der Waals surface area contributed by atoms with Gasteiger partial charge in [0.05, 0.1) is 17.7 Å². The summed E-state index contributed by atoms with van der Waals surface area (Å²) in [5.74, 6) is 0.896. The first-order valence-corrected chi connectivity index (χ1v) is 7.99. The summed E-state index contributed by atoms with van der Waals surface area (Å²) in [4.78, 5) is 18.9. The third-order valence-corrected chi connectivity index (χ3v) is 3.84. The minimum atomic E-state index is -0.514. The zero-order chi connectivity index (χ0) is 16.9. The highest BCUT2D eigenvalue weighted by atomic mass is 127. The zero-order valence-corrected chi connectivity index (χ0v) is 14.4. The van der Waals surface area contributed by atoms with E-state index in [9.17, 15) is 10.1 Å². The van der Waals surface area contributed by atoms with Gasteiger partial charge in [0.15, 0.2) is 0 Å². The molecule has 0 saturated heterocycles. The predicted molar refractivity (Wildman–Crippen MR) is 97.2 cm³/mol. The summed E-state index contributed by atoms with van der Waals surface area (Å²) in [6.45, 7) is 0.286. The fourth-order valence-corrected chi connectivity index (χ4v) is 2.39. The lowest BCUT2D eigenvalue weighted by Crippen LogP contribution is -2.08. The Balaban J connectivity index is 1.87. The monoisotopic (exact) mass is 437 g/mol. The van der Waals surface area contributed by atoms with Crippen LogP contribution >= 0.6 is 22.6 Å². The Morgan fingerprint density at radius 1 is 1.17 bits per heavy atom. The molecule has 0 saturated carbocycles. The van der Waals surface area contributed by atoms with Crippen LogP contribution in [-0.2, 0) is 6.54 Å². The summed E-state index contributed by atoms with van der Waals surface area (Å²) in [5, 5.41) is 17.3. The number of rotatable bonds is 6. The van der Waals surface area contributed by atoms with E-state index in [0.29, 0.717) is 11.4 Å². The minimum absolute atomic E-state index is 0.123. The van der Waals surface area contributed by atoms with Crippen molar-refractivity contribution in [2.24, 2.45) is 0 Å². The highest BCUT2D eigenvalue weighted by Crippen LogP contribution is 2.31. The maximum atomic E-state index is 11.5. The van der Waals surface area contributed by atoms with Crippen molar-refractivity contribution < 1.29 is 9.34 Å². The van der Waals surface area contributed by atoms with Crippen molar-refractivity contribution in [2.45, 2.75) is 6.54 Å². The fourth-order valence-electron chi connectivity index (χ4n) is 2.03. The molecule has 8 nitrogen and oxygen atoms in total. The average molecular weight is 437 g/mol. The Morgan fingerprint density at radius 2 is 1.92 bits per heavy atom. The number of anilines is 3. The van der Waals surface area contributed by atoms with Gasteiger partial charge in [-0.25, -0.2) is 9.97 Å². The van der Waals surface area contributed by atoms with E-state index in [1.54, 1.807) is 12.1 Å². The van der Waals surface area contributed by atoms with E-state index in [-0.39, 0.29) is 23.9 Å². The number of aromatic nitrogens is 2. The van der Waals surface area contributed by atoms with E-state index >= 15 is 0 Å². The van der Waals surface area contributed by atoms with Gasteiger partial charge in [-0.05, 0) is 59.0 Å². The van der Waals surface area contributed by atoms with Crippen molar-refractivity contribution in [1.29, 1.82) is 0 Å². The highest BCUT2D eigenvalue weighted by Gasteiger charge is 2.23. The molecular formula is C15H12IN5O3. The molecule has 0 radical (unpaired) electrons. The van der Waals surface area contributed by atoms with E-state index in [0.717, 1.165) is 3.57 Å². The number of benzene rings is 1. The lowest BCUT2D eigenvalue weighted by Gasteiger charge is -2.09. The quantitative estimate of drug-likeness (QED) is 0.342. The SMILES string of the molecule is O=[N+]([O-])c1c(NCc2ccco2)ncnc1Nc1ccc(I)cc1. The van der Waals surface area contributed by atoms with Crippen LogP contribution in [0.4, 0.5) is 23.0 Å². The molecule has 3 aromatic rings. The average Bonchev–Trinajstić information content (AvgIpc) is 3.08. The maximum Gasteiger partial charge on any atom is 0.353 e. The first kappa shape index (κ1) is 16.2. The van der Waals surface area contributed by atoms with Gasteiger partial charge >= 0.3 is 5.69 Å². The number of furan rings is 1. The molecule has 0 spiro atoms. The fraction of sp³-hybridized carbons (Fsp3) is 0.0667. The molecule has 0 amide bonds. The summed E-state index contributed by atoms with van der Waals surface area (Å²) >= 11 is 2.19. The number of hydrogen-bond acceptors (Lipinski definition) is 7. The second kappa shape index (κ2) is 7.25. The van der Waals surface area contributed by atoms with Crippen LogP contribution in [0.3, 0.4) is 0 Å². The summed E-state index contributed by atoms with van der Waals surface area (Å²) in [6.07, 6.45) is 2.81. The molecule has 0 bridgehead atoms. The Bertz CT molecular complexity index is 837. The summed E-state index contributed by atoms with van der Waals surface area (Å²) in [7, 11) is 0.